The van der Waals surface area contributed by atoms with Crippen molar-refractivity contribution in [1.29, 1.82) is 0 Å². The minimum atomic E-state index is -0.141. The van der Waals surface area contributed by atoms with Crippen molar-refractivity contribution in [2.75, 3.05) is 18.4 Å². The van der Waals surface area contributed by atoms with Crippen LogP contribution in [0.3, 0.4) is 0 Å². The number of likely N-dealkylation sites (tertiary alicyclic amines) is 1. The van der Waals surface area contributed by atoms with Gasteiger partial charge >= 0.3 is 0 Å². The molecule has 0 atom stereocenters. The fraction of sp³-hybridized carbons (Fsp3) is 0.333. The molecule has 4 nitrogen and oxygen atoms in total. The smallest absolute Gasteiger partial charge is 0.255 e. The van der Waals surface area contributed by atoms with Crippen LogP contribution in [0.2, 0.25) is 0 Å². The summed E-state index contributed by atoms with van der Waals surface area (Å²) >= 11 is 0. The standard InChI is InChI=1S/C21H24N2O2/c1-15-6-7-18(14-16(15)2)20(24)22-19-10-8-17(9-11-19)21(25)23-12-4-3-5-13-23/h6-11,14H,3-5,12-13H2,1-2H3,(H,22,24). The van der Waals surface area contributed by atoms with E-state index >= 15 is 0 Å². The van der Waals surface area contributed by atoms with E-state index in [1.807, 2.05) is 36.9 Å². The third-order valence-corrected chi connectivity index (χ3v) is 4.80. The molecule has 0 spiro atoms. The number of carbonyl (C=O) groups is 2. The molecule has 1 aliphatic rings. The third-order valence-electron chi connectivity index (χ3n) is 4.80. The van der Waals surface area contributed by atoms with E-state index in [0.29, 0.717) is 16.8 Å². The molecule has 2 aromatic carbocycles. The number of benzene rings is 2. The summed E-state index contributed by atoms with van der Waals surface area (Å²) in [5, 5.41) is 2.89. The highest BCUT2D eigenvalue weighted by Gasteiger charge is 2.18. The number of anilines is 1. The summed E-state index contributed by atoms with van der Waals surface area (Å²) in [5.41, 5.74) is 4.26. The molecule has 1 saturated heterocycles. The summed E-state index contributed by atoms with van der Waals surface area (Å²) in [7, 11) is 0. The van der Waals surface area contributed by atoms with Gasteiger partial charge in [-0.1, -0.05) is 6.07 Å². The highest BCUT2D eigenvalue weighted by atomic mass is 16.2. The van der Waals surface area contributed by atoms with E-state index < -0.39 is 0 Å². The van der Waals surface area contributed by atoms with Gasteiger partial charge in [-0.15, -0.1) is 0 Å². The topological polar surface area (TPSA) is 49.4 Å². The van der Waals surface area contributed by atoms with Crippen LogP contribution in [0.4, 0.5) is 5.69 Å². The molecular weight excluding hydrogens is 312 g/mol. The Hall–Kier alpha value is -2.62. The van der Waals surface area contributed by atoms with E-state index in [1.54, 1.807) is 24.3 Å². The van der Waals surface area contributed by atoms with Crippen LogP contribution in [-0.2, 0) is 0 Å². The largest absolute Gasteiger partial charge is 0.339 e. The molecule has 25 heavy (non-hydrogen) atoms. The Morgan fingerprint density at radius 1 is 0.840 bits per heavy atom. The maximum Gasteiger partial charge on any atom is 0.255 e. The fourth-order valence-corrected chi connectivity index (χ4v) is 3.06. The van der Waals surface area contributed by atoms with Crippen molar-refractivity contribution >= 4 is 17.5 Å². The maximum absolute atomic E-state index is 12.5. The normalized spacial score (nSPS) is 14.2. The van der Waals surface area contributed by atoms with Crippen LogP contribution in [0.5, 0.6) is 0 Å². The Labute approximate surface area is 148 Å². The van der Waals surface area contributed by atoms with E-state index in [-0.39, 0.29) is 11.8 Å². The van der Waals surface area contributed by atoms with E-state index in [2.05, 4.69) is 5.32 Å². The summed E-state index contributed by atoms with van der Waals surface area (Å²) in [5.74, 6) is -0.0649. The number of nitrogens with one attached hydrogen (secondary N) is 1. The maximum atomic E-state index is 12.5. The SMILES string of the molecule is Cc1ccc(C(=O)Nc2ccc(C(=O)N3CCCCC3)cc2)cc1C. The van der Waals surface area contributed by atoms with Gasteiger partial charge in [-0.05, 0) is 80.6 Å². The summed E-state index contributed by atoms with van der Waals surface area (Å²) in [4.78, 5) is 26.7. The minimum absolute atomic E-state index is 0.0757. The minimum Gasteiger partial charge on any atom is -0.339 e. The lowest BCUT2D eigenvalue weighted by atomic mass is 10.1. The second-order valence-electron chi connectivity index (χ2n) is 6.68. The fourth-order valence-electron chi connectivity index (χ4n) is 3.06. The summed E-state index contributed by atoms with van der Waals surface area (Å²) < 4.78 is 0. The molecule has 1 aliphatic heterocycles. The molecule has 0 saturated carbocycles. The Kier molecular flexibility index (Phi) is 5.17. The van der Waals surface area contributed by atoms with Crippen molar-refractivity contribution in [3.05, 3.63) is 64.7 Å². The average Bonchev–Trinajstić information content (AvgIpc) is 2.64. The molecule has 1 fully saturated rings. The Morgan fingerprint density at radius 2 is 1.48 bits per heavy atom. The first-order valence-corrected chi connectivity index (χ1v) is 8.82. The zero-order valence-corrected chi connectivity index (χ0v) is 14.8. The quantitative estimate of drug-likeness (QED) is 0.914. The van der Waals surface area contributed by atoms with Gasteiger partial charge in [-0.2, -0.15) is 0 Å². The summed E-state index contributed by atoms with van der Waals surface area (Å²) in [6.45, 7) is 5.69. The van der Waals surface area contributed by atoms with Gasteiger partial charge in [-0.25, -0.2) is 0 Å². The molecule has 4 heteroatoms. The van der Waals surface area contributed by atoms with Crippen molar-refractivity contribution in [3.63, 3.8) is 0 Å². The van der Waals surface area contributed by atoms with Gasteiger partial charge in [0, 0.05) is 29.9 Å². The van der Waals surface area contributed by atoms with E-state index in [1.165, 1.54) is 6.42 Å². The molecule has 0 radical (unpaired) electrons. The van der Waals surface area contributed by atoms with Gasteiger partial charge in [0.05, 0.1) is 0 Å². The average molecular weight is 336 g/mol. The highest BCUT2D eigenvalue weighted by Crippen LogP contribution is 2.17. The number of piperidine rings is 1. The molecule has 1 N–H and O–H groups in total. The van der Waals surface area contributed by atoms with Crippen molar-refractivity contribution in [3.8, 4) is 0 Å². The van der Waals surface area contributed by atoms with Gasteiger partial charge in [0.25, 0.3) is 11.8 Å². The number of hydrogen-bond donors (Lipinski definition) is 1. The Bertz CT molecular complexity index is 775. The third kappa shape index (κ3) is 4.08. The van der Waals surface area contributed by atoms with Crippen molar-refractivity contribution in [2.24, 2.45) is 0 Å². The molecule has 2 aromatic rings. The van der Waals surface area contributed by atoms with Gasteiger partial charge < -0.3 is 10.2 Å². The van der Waals surface area contributed by atoms with Gasteiger partial charge in [0.2, 0.25) is 0 Å². The first-order valence-electron chi connectivity index (χ1n) is 8.82. The highest BCUT2D eigenvalue weighted by molar-refractivity contribution is 6.04. The lowest BCUT2D eigenvalue weighted by Crippen LogP contribution is -2.35. The van der Waals surface area contributed by atoms with Gasteiger partial charge in [0.1, 0.15) is 0 Å². The molecule has 0 bridgehead atoms. The second kappa shape index (κ2) is 7.51. The number of aryl methyl sites for hydroxylation is 2. The van der Waals surface area contributed by atoms with Crippen LogP contribution in [0, 0.1) is 13.8 Å². The number of amides is 2. The molecule has 130 valence electrons. The van der Waals surface area contributed by atoms with Gasteiger partial charge in [-0.3, -0.25) is 9.59 Å². The van der Waals surface area contributed by atoms with Crippen molar-refractivity contribution < 1.29 is 9.59 Å². The van der Waals surface area contributed by atoms with E-state index in [9.17, 15) is 9.59 Å². The molecular formula is C21H24N2O2. The first kappa shape index (κ1) is 17.2. The van der Waals surface area contributed by atoms with Crippen LogP contribution in [-0.4, -0.2) is 29.8 Å². The van der Waals surface area contributed by atoms with Crippen LogP contribution >= 0.6 is 0 Å². The number of rotatable bonds is 3. The molecule has 1 heterocycles. The Balaban J connectivity index is 1.66. The number of nitrogens with zero attached hydrogens (tertiary/aromatic N) is 1. The molecule has 0 unspecified atom stereocenters. The lowest BCUT2D eigenvalue weighted by Gasteiger charge is -2.26. The molecule has 0 aromatic heterocycles. The number of hydrogen-bond acceptors (Lipinski definition) is 2. The lowest BCUT2D eigenvalue weighted by molar-refractivity contribution is 0.0724. The molecule has 2 amide bonds. The first-order chi connectivity index (χ1) is 12.0. The molecule has 3 rings (SSSR count). The van der Waals surface area contributed by atoms with Crippen LogP contribution < -0.4 is 5.32 Å². The van der Waals surface area contributed by atoms with Crippen LogP contribution in [0.1, 0.15) is 51.1 Å². The zero-order valence-electron chi connectivity index (χ0n) is 14.8. The monoisotopic (exact) mass is 336 g/mol. The second-order valence-corrected chi connectivity index (χ2v) is 6.68. The molecule has 0 aliphatic carbocycles. The number of carbonyl (C=O) groups excluding carboxylic acids is 2. The van der Waals surface area contributed by atoms with Crippen LogP contribution in [0.15, 0.2) is 42.5 Å². The summed E-state index contributed by atoms with van der Waals surface area (Å²) in [6.07, 6.45) is 3.36. The summed E-state index contributed by atoms with van der Waals surface area (Å²) in [6, 6.07) is 12.8. The van der Waals surface area contributed by atoms with Gasteiger partial charge in [0.15, 0.2) is 0 Å². The van der Waals surface area contributed by atoms with Crippen molar-refractivity contribution in [2.45, 2.75) is 33.1 Å². The Morgan fingerprint density at radius 3 is 2.12 bits per heavy atom. The van der Waals surface area contributed by atoms with Crippen molar-refractivity contribution in [1.82, 2.24) is 4.90 Å². The van der Waals surface area contributed by atoms with E-state index in [4.69, 9.17) is 0 Å². The van der Waals surface area contributed by atoms with Crippen LogP contribution in [0.25, 0.3) is 0 Å². The predicted molar refractivity (Wildman–Crippen MR) is 100 cm³/mol. The predicted octanol–water partition coefficient (Wildman–Crippen LogP) is 4.18. The zero-order chi connectivity index (χ0) is 17.8. The van der Waals surface area contributed by atoms with E-state index in [0.717, 1.165) is 37.1 Å².